The maximum atomic E-state index is 12.4. The average Bonchev–Trinajstić information content (AvgIpc) is 3.26. The van der Waals surface area contributed by atoms with Crippen LogP contribution in [0.4, 0.5) is 11.6 Å². The fourth-order valence-corrected chi connectivity index (χ4v) is 5.85. The van der Waals surface area contributed by atoms with E-state index in [1.807, 2.05) is 68.4 Å². The molecule has 58 heavy (non-hydrogen) atoms. The Balaban J connectivity index is 0.000000177. The molecule has 0 atom stereocenters. The van der Waals surface area contributed by atoms with Crippen LogP contribution in [0.1, 0.15) is 22.3 Å². The van der Waals surface area contributed by atoms with E-state index in [0.29, 0.717) is 11.6 Å². The summed E-state index contributed by atoms with van der Waals surface area (Å²) in [5.41, 5.74) is 10.4. The van der Waals surface area contributed by atoms with Crippen LogP contribution < -0.4 is 10.6 Å². The van der Waals surface area contributed by atoms with Gasteiger partial charge in [0.25, 0.3) is 0 Å². The summed E-state index contributed by atoms with van der Waals surface area (Å²) in [6.45, 7) is 3.91. The molecule has 0 spiro atoms. The van der Waals surface area contributed by atoms with Gasteiger partial charge in [-0.1, -0.05) is 12.1 Å². The van der Waals surface area contributed by atoms with Gasteiger partial charge in [-0.2, -0.15) is 40.8 Å². The van der Waals surface area contributed by atoms with E-state index in [0.717, 1.165) is 67.2 Å². The molecule has 8 heterocycles. The van der Waals surface area contributed by atoms with E-state index in [2.05, 4.69) is 71.4 Å². The Morgan fingerprint density at radius 3 is 1.36 bits per heavy atom. The molecule has 8 rings (SSSR count). The Morgan fingerprint density at radius 1 is 0.466 bits per heavy atom. The minimum atomic E-state index is -0.163. The lowest BCUT2D eigenvalue weighted by atomic mass is 10.1. The summed E-state index contributed by atoms with van der Waals surface area (Å²) < 4.78 is 0. The summed E-state index contributed by atoms with van der Waals surface area (Å²) in [5, 5.41) is 36.4. The van der Waals surface area contributed by atoms with Crippen LogP contribution in [0.2, 0.25) is 0 Å². The van der Waals surface area contributed by atoms with Crippen molar-refractivity contribution in [3.63, 3.8) is 0 Å². The summed E-state index contributed by atoms with van der Waals surface area (Å²) >= 11 is 0. The second kappa shape index (κ2) is 18.5. The van der Waals surface area contributed by atoms with Crippen LogP contribution in [0.25, 0.3) is 44.9 Å². The average molecular weight is 767 g/mol. The van der Waals surface area contributed by atoms with Crippen molar-refractivity contribution in [1.29, 1.82) is 0 Å². The number of aromatic nitrogens is 12. The lowest BCUT2D eigenvalue weighted by molar-refractivity contribution is -0.116. The van der Waals surface area contributed by atoms with E-state index < -0.39 is 0 Å². The maximum Gasteiger partial charge on any atom is 0.230 e. The Kier molecular flexibility index (Phi) is 12.1. The number of carbonyl (C=O) groups excluding carboxylic acids is 2. The number of aryl methyl sites for hydroxylation is 2. The molecule has 0 radical (unpaired) electrons. The topological polar surface area (TPSA) is 213 Å². The van der Waals surface area contributed by atoms with Crippen LogP contribution in [0.5, 0.6) is 0 Å². The molecule has 0 saturated heterocycles. The number of carbonyl (C=O) groups is 2. The Morgan fingerprint density at radius 2 is 0.948 bits per heavy atom. The molecule has 8 aromatic heterocycles. The van der Waals surface area contributed by atoms with E-state index in [-0.39, 0.29) is 24.7 Å². The smallest absolute Gasteiger partial charge is 0.230 e. The fourth-order valence-electron chi connectivity index (χ4n) is 5.85. The number of hydrogen-bond donors (Lipinski definition) is 2. The molecule has 0 saturated carbocycles. The number of amides is 2. The zero-order valence-electron chi connectivity index (χ0n) is 31.3. The van der Waals surface area contributed by atoms with Gasteiger partial charge in [0.05, 0.1) is 67.1 Å². The first kappa shape index (κ1) is 38.1. The molecule has 2 amide bonds. The quantitative estimate of drug-likeness (QED) is 0.169. The highest BCUT2D eigenvalue weighted by Gasteiger charge is 2.12. The van der Waals surface area contributed by atoms with Gasteiger partial charge in [-0.3, -0.25) is 19.6 Å². The Bertz CT molecular complexity index is 2420. The fraction of sp³-hybridized carbons (Fsp3) is 0.0952. The monoisotopic (exact) mass is 766 g/mol. The van der Waals surface area contributed by atoms with Crippen LogP contribution in [0, 0.1) is 13.8 Å². The number of nitrogens with one attached hydrogen (secondary N) is 2. The van der Waals surface area contributed by atoms with Crippen LogP contribution in [0.3, 0.4) is 0 Å². The van der Waals surface area contributed by atoms with Crippen molar-refractivity contribution >= 4 is 23.5 Å². The molecule has 16 heteroatoms. The van der Waals surface area contributed by atoms with Gasteiger partial charge < -0.3 is 10.6 Å². The van der Waals surface area contributed by atoms with Crippen LogP contribution >= 0.6 is 0 Å². The molecule has 0 aromatic carbocycles. The van der Waals surface area contributed by atoms with Crippen molar-refractivity contribution < 1.29 is 9.59 Å². The van der Waals surface area contributed by atoms with E-state index in [1.54, 1.807) is 80.3 Å². The first-order valence-corrected chi connectivity index (χ1v) is 17.9. The lowest BCUT2D eigenvalue weighted by Gasteiger charge is -2.08. The number of anilines is 2. The highest BCUT2D eigenvalue weighted by Crippen LogP contribution is 2.23. The second-order valence-electron chi connectivity index (χ2n) is 12.8. The molecule has 16 nitrogen and oxygen atoms in total. The minimum absolute atomic E-state index is 0.157. The van der Waals surface area contributed by atoms with Gasteiger partial charge in [0.15, 0.2) is 0 Å². The molecule has 0 fully saturated rings. The molecule has 0 bridgehead atoms. The summed E-state index contributed by atoms with van der Waals surface area (Å²) in [4.78, 5) is 42.3. The number of hydrogen-bond acceptors (Lipinski definition) is 14. The summed E-state index contributed by atoms with van der Waals surface area (Å²) in [6.07, 6.45) is 18.6. The van der Waals surface area contributed by atoms with Crippen molar-refractivity contribution in [1.82, 2.24) is 60.7 Å². The van der Waals surface area contributed by atoms with E-state index in [4.69, 9.17) is 0 Å². The largest absolute Gasteiger partial charge is 0.310 e. The summed E-state index contributed by atoms with van der Waals surface area (Å²) in [7, 11) is 0. The highest BCUT2D eigenvalue weighted by molar-refractivity contribution is 5.92. The van der Waals surface area contributed by atoms with Crippen LogP contribution in [-0.4, -0.2) is 72.5 Å². The Labute approximate surface area is 332 Å². The second-order valence-corrected chi connectivity index (χ2v) is 12.8. The first-order valence-electron chi connectivity index (χ1n) is 17.9. The summed E-state index contributed by atoms with van der Waals surface area (Å²) in [6, 6.07) is 20.3. The Hall–Kier alpha value is -8.14. The van der Waals surface area contributed by atoms with Crippen LogP contribution in [0.15, 0.2) is 135 Å². The zero-order valence-corrected chi connectivity index (χ0v) is 31.3. The lowest BCUT2D eigenvalue weighted by Crippen LogP contribution is -2.15. The molecule has 2 N–H and O–H groups in total. The van der Waals surface area contributed by atoms with Crippen molar-refractivity contribution in [2.75, 3.05) is 10.6 Å². The predicted octanol–water partition coefficient (Wildman–Crippen LogP) is 5.76. The van der Waals surface area contributed by atoms with Crippen molar-refractivity contribution in [2.45, 2.75) is 26.7 Å². The van der Waals surface area contributed by atoms with Gasteiger partial charge in [-0.05, 0) is 90.7 Å². The van der Waals surface area contributed by atoms with Crippen molar-refractivity contribution in [2.24, 2.45) is 0 Å². The van der Waals surface area contributed by atoms with Gasteiger partial charge >= 0.3 is 0 Å². The van der Waals surface area contributed by atoms with Gasteiger partial charge in [0, 0.05) is 58.8 Å². The third-order valence-corrected chi connectivity index (χ3v) is 8.56. The molecular weight excluding hydrogens is 733 g/mol. The van der Waals surface area contributed by atoms with E-state index in [9.17, 15) is 9.59 Å². The first-order chi connectivity index (χ1) is 28.4. The number of nitrogens with zero attached hydrogens (tertiary/aromatic N) is 12. The SMILES string of the molecule is Cc1cc(CC(=O)Nc2ccc(-c3cccnn3)cn2)cnc1-c1ccnnc1.Cc1cc(CC(=O)Nc2ccc(-c3ccnnc3)cn2)cnc1-c1ccnnc1. The highest BCUT2D eigenvalue weighted by atomic mass is 16.2. The van der Waals surface area contributed by atoms with Gasteiger partial charge in [0.1, 0.15) is 11.6 Å². The van der Waals surface area contributed by atoms with Crippen molar-refractivity contribution in [3.8, 4) is 44.9 Å². The molecule has 0 unspecified atom stereocenters. The third-order valence-electron chi connectivity index (χ3n) is 8.56. The number of pyridine rings is 4. The predicted molar refractivity (Wildman–Crippen MR) is 215 cm³/mol. The van der Waals surface area contributed by atoms with E-state index >= 15 is 0 Å². The maximum absolute atomic E-state index is 12.4. The van der Waals surface area contributed by atoms with Gasteiger partial charge in [-0.15, -0.1) is 0 Å². The number of rotatable bonds is 10. The molecule has 0 aliphatic carbocycles. The molecule has 284 valence electrons. The summed E-state index contributed by atoms with van der Waals surface area (Å²) in [5.74, 6) is 0.649. The zero-order chi connectivity index (χ0) is 40.1. The molecular formula is C42H34N14O2. The standard InChI is InChI=1S/2C21H17N7O/c1-14-8-15(10-23-21(14)18-5-7-25-27-13-18)9-20(29)28-19-3-2-16(11-22-19)17-4-6-24-26-12-17;1-14-9-15(11-23-21(14)17-6-8-24-26-13-17)10-20(29)27-19-5-4-16(12-22-19)18-3-2-7-25-28-18/h2-8,10-13H,9H2,1H3,(H,22,28,29);2-9,11-13H,10H2,1H3,(H,22,27,29). The minimum Gasteiger partial charge on any atom is -0.310 e. The molecule has 8 aromatic rings. The molecule has 0 aliphatic heterocycles. The van der Waals surface area contributed by atoms with Crippen molar-refractivity contribution in [3.05, 3.63) is 157 Å². The van der Waals surface area contributed by atoms with E-state index in [1.165, 1.54) is 0 Å². The van der Waals surface area contributed by atoms with Gasteiger partial charge in [-0.25, -0.2) is 9.97 Å². The normalized spacial score (nSPS) is 10.5. The van der Waals surface area contributed by atoms with Crippen LogP contribution in [-0.2, 0) is 22.4 Å². The van der Waals surface area contributed by atoms with Gasteiger partial charge in [0.2, 0.25) is 11.8 Å². The molecule has 0 aliphatic rings. The third kappa shape index (κ3) is 10.1.